The first kappa shape index (κ1) is 24.3. The molecular formula is C23H27Cl2FN4O2. The number of carbonyl (C=O) groups excluding carboxylic acids is 2. The fraction of sp³-hybridized carbons (Fsp3) is 0.391. The molecule has 0 atom stereocenters. The van der Waals surface area contributed by atoms with Crippen molar-refractivity contribution in [3.63, 3.8) is 0 Å². The van der Waals surface area contributed by atoms with Gasteiger partial charge in [0.15, 0.2) is 0 Å². The molecule has 1 aliphatic rings. The van der Waals surface area contributed by atoms with Crippen LogP contribution in [0.4, 0.5) is 15.8 Å². The third-order valence-electron chi connectivity index (χ3n) is 5.30. The molecule has 1 aliphatic heterocycles. The second kappa shape index (κ2) is 11.5. The molecule has 1 fully saturated rings. The quantitative estimate of drug-likeness (QED) is 0.616. The molecule has 1 saturated heterocycles. The molecule has 3 rings (SSSR count). The number of rotatable bonds is 8. The summed E-state index contributed by atoms with van der Waals surface area (Å²) in [7, 11) is 0. The Kier molecular flexibility index (Phi) is 8.73. The first-order valence-electron chi connectivity index (χ1n) is 10.6. The van der Waals surface area contributed by atoms with E-state index in [9.17, 15) is 14.0 Å². The van der Waals surface area contributed by atoms with Crippen molar-refractivity contribution < 1.29 is 14.0 Å². The lowest BCUT2D eigenvalue weighted by Crippen LogP contribution is -2.52. The molecule has 2 aromatic carbocycles. The minimum Gasteiger partial charge on any atom is -0.366 e. The fourth-order valence-corrected chi connectivity index (χ4v) is 4.17. The SMILES string of the molecule is CCCN(CC(=O)Nc1ccc(Cl)cc1Cl)CC(=O)N1CCN(c2ccccc2F)CC1. The summed E-state index contributed by atoms with van der Waals surface area (Å²) < 4.78 is 14.0. The first-order valence-corrected chi connectivity index (χ1v) is 11.4. The van der Waals surface area contributed by atoms with Gasteiger partial charge in [0.1, 0.15) is 5.82 Å². The van der Waals surface area contributed by atoms with Gasteiger partial charge in [-0.25, -0.2) is 4.39 Å². The van der Waals surface area contributed by atoms with E-state index in [0.717, 1.165) is 6.42 Å². The third kappa shape index (κ3) is 6.58. The maximum absolute atomic E-state index is 14.0. The van der Waals surface area contributed by atoms with Gasteiger partial charge in [-0.05, 0) is 43.3 Å². The molecule has 6 nitrogen and oxygen atoms in total. The van der Waals surface area contributed by atoms with Crippen molar-refractivity contribution in [1.82, 2.24) is 9.80 Å². The number of nitrogens with one attached hydrogen (secondary N) is 1. The van der Waals surface area contributed by atoms with E-state index >= 15 is 0 Å². The summed E-state index contributed by atoms with van der Waals surface area (Å²) in [5, 5.41) is 3.62. The van der Waals surface area contributed by atoms with Crippen LogP contribution in [0, 0.1) is 5.82 Å². The van der Waals surface area contributed by atoms with Crippen LogP contribution in [-0.2, 0) is 9.59 Å². The lowest BCUT2D eigenvalue weighted by atomic mass is 10.2. The number of amides is 2. The van der Waals surface area contributed by atoms with Crippen molar-refractivity contribution in [1.29, 1.82) is 0 Å². The molecule has 172 valence electrons. The summed E-state index contributed by atoms with van der Waals surface area (Å²) in [6, 6.07) is 11.5. The highest BCUT2D eigenvalue weighted by Crippen LogP contribution is 2.25. The third-order valence-corrected chi connectivity index (χ3v) is 5.84. The summed E-state index contributed by atoms with van der Waals surface area (Å²) in [4.78, 5) is 30.9. The van der Waals surface area contributed by atoms with Crippen LogP contribution in [0.25, 0.3) is 0 Å². The Balaban J connectivity index is 1.52. The lowest BCUT2D eigenvalue weighted by Gasteiger charge is -2.37. The Hall–Kier alpha value is -2.35. The van der Waals surface area contributed by atoms with Gasteiger partial charge in [-0.15, -0.1) is 0 Å². The second-order valence-corrected chi connectivity index (χ2v) is 8.55. The zero-order chi connectivity index (χ0) is 23.1. The largest absolute Gasteiger partial charge is 0.366 e. The van der Waals surface area contributed by atoms with Crippen LogP contribution in [0.3, 0.4) is 0 Å². The molecule has 0 radical (unpaired) electrons. The topological polar surface area (TPSA) is 55.9 Å². The molecule has 0 aliphatic carbocycles. The van der Waals surface area contributed by atoms with Gasteiger partial charge in [0.05, 0.1) is 29.5 Å². The van der Waals surface area contributed by atoms with Crippen molar-refractivity contribution in [2.75, 3.05) is 56.0 Å². The standard InChI is InChI=1S/C23H27Cl2FN4O2/c1-2-9-28(15-22(31)27-20-8-7-17(24)14-18(20)25)16-23(32)30-12-10-29(11-13-30)21-6-4-3-5-19(21)26/h3-8,14H,2,9-13,15-16H2,1H3,(H,27,31). The second-order valence-electron chi connectivity index (χ2n) is 7.70. The van der Waals surface area contributed by atoms with Crippen LogP contribution in [0.15, 0.2) is 42.5 Å². The van der Waals surface area contributed by atoms with Crippen LogP contribution in [0.2, 0.25) is 10.0 Å². The van der Waals surface area contributed by atoms with E-state index < -0.39 is 0 Å². The number of para-hydroxylation sites is 1. The lowest BCUT2D eigenvalue weighted by molar-refractivity contribution is -0.133. The normalized spacial score (nSPS) is 14.0. The van der Waals surface area contributed by atoms with Crippen molar-refractivity contribution in [2.24, 2.45) is 0 Å². The predicted octanol–water partition coefficient (Wildman–Crippen LogP) is 4.13. The highest BCUT2D eigenvalue weighted by Gasteiger charge is 2.24. The summed E-state index contributed by atoms with van der Waals surface area (Å²) >= 11 is 12.0. The average Bonchev–Trinajstić information content (AvgIpc) is 2.76. The van der Waals surface area contributed by atoms with Crippen LogP contribution in [-0.4, -0.2) is 67.4 Å². The monoisotopic (exact) mass is 480 g/mol. The predicted molar refractivity (Wildman–Crippen MR) is 127 cm³/mol. The molecule has 0 spiro atoms. The molecule has 0 aromatic heterocycles. The summed E-state index contributed by atoms with van der Waals surface area (Å²) in [6.07, 6.45) is 0.809. The Morgan fingerprint density at radius 1 is 1.06 bits per heavy atom. The van der Waals surface area contributed by atoms with Gasteiger partial charge in [-0.2, -0.15) is 0 Å². The minimum absolute atomic E-state index is 0.0380. The maximum atomic E-state index is 14.0. The van der Waals surface area contributed by atoms with Gasteiger partial charge in [-0.3, -0.25) is 14.5 Å². The Bertz CT molecular complexity index is 951. The van der Waals surface area contributed by atoms with Gasteiger partial charge in [0.2, 0.25) is 11.8 Å². The summed E-state index contributed by atoms with van der Waals surface area (Å²) in [5.41, 5.74) is 1.04. The van der Waals surface area contributed by atoms with Crippen LogP contribution in [0.1, 0.15) is 13.3 Å². The number of hydrogen-bond donors (Lipinski definition) is 1. The average molecular weight is 481 g/mol. The molecule has 0 unspecified atom stereocenters. The van der Waals surface area contributed by atoms with Crippen LogP contribution >= 0.6 is 23.2 Å². The van der Waals surface area contributed by atoms with Crippen LogP contribution in [0.5, 0.6) is 0 Å². The smallest absolute Gasteiger partial charge is 0.238 e. The van der Waals surface area contributed by atoms with E-state index in [-0.39, 0.29) is 30.7 Å². The van der Waals surface area contributed by atoms with Crippen molar-refractivity contribution >= 4 is 46.4 Å². The Labute approximate surface area is 197 Å². The Morgan fingerprint density at radius 2 is 1.78 bits per heavy atom. The number of carbonyl (C=O) groups is 2. The molecule has 0 saturated carbocycles. The number of hydrogen-bond acceptors (Lipinski definition) is 4. The van der Waals surface area contributed by atoms with Crippen molar-refractivity contribution in [3.05, 3.63) is 58.3 Å². The molecular weight excluding hydrogens is 454 g/mol. The van der Waals surface area contributed by atoms with E-state index in [1.165, 1.54) is 6.07 Å². The maximum Gasteiger partial charge on any atom is 0.238 e. The van der Waals surface area contributed by atoms with Crippen molar-refractivity contribution in [2.45, 2.75) is 13.3 Å². The summed E-state index contributed by atoms with van der Waals surface area (Å²) in [6.45, 7) is 5.00. The van der Waals surface area contributed by atoms with Gasteiger partial charge in [0.25, 0.3) is 0 Å². The number of benzene rings is 2. The zero-order valence-corrected chi connectivity index (χ0v) is 19.5. The van der Waals surface area contributed by atoms with Gasteiger partial charge in [-0.1, -0.05) is 42.3 Å². The number of piperazine rings is 1. The molecule has 32 heavy (non-hydrogen) atoms. The van der Waals surface area contributed by atoms with Gasteiger partial charge >= 0.3 is 0 Å². The molecule has 1 heterocycles. The van der Waals surface area contributed by atoms with E-state index in [2.05, 4.69) is 5.32 Å². The van der Waals surface area contributed by atoms with Gasteiger partial charge in [0, 0.05) is 31.2 Å². The van der Waals surface area contributed by atoms with E-state index in [4.69, 9.17) is 23.2 Å². The summed E-state index contributed by atoms with van der Waals surface area (Å²) in [5.74, 6) is -0.544. The number of halogens is 3. The fourth-order valence-electron chi connectivity index (χ4n) is 3.71. The molecule has 9 heteroatoms. The van der Waals surface area contributed by atoms with E-state index in [1.807, 2.05) is 16.7 Å². The molecule has 2 amide bonds. The van der Waals surface area contributed by atoms with E-state index in [0.29, 0.717) is 54.1 Å². The van der Waals surface area contributed by atoms with Crippen LogP contribution < -0.4 is 10.2 Å². The number of nitrogens with zero attached hydrogens (tertiary/aromatic N) is 3. The van der Waals surface area contributed by atoms with Crippen molar-refractivity contribution in [3.8, 4) is 0 Å². The zero-order valence-electron chi connectivity index (χ0n) is 18.0. The first-order chi connectivity index (χ1) is 15.4. The van der Waals surface area contributed by atoms with E-state index in [1.54, 1.807) is 41.3 Å². The number of anilines is 2. The Morgan fingerprint density at radius 3 is 2.44 bits per heavy atom. The minimum atomic E-state index is -0.256. The molecule has 1 N–H and O–H groups in total. The molecule has 2 aromatic rings. The molecule has 0 bridgehead atoms. The van der Waals surface area contributed by atoms with Gasteiger partial charge < -0.3 is 15.1 Å². The highest BCUT2D eigenvalue weighted by atomic mass is 35.5. The highest BCUT2D eigenvalue weighted by molar-refractivity contribution is 6.36.